The van der Waals surface area contributed by atoms with Gasteiger partial charge in [-0.15, -0.1) is 0 Å². The molecule has 0 radical (unpaired) electrons. The van der Waals surface area contributed by atoms with E-state index < -0.39 is 0 Å². The highest BCUT2D eigenvalue weighted by Gasteiger charge is 2.27. The number of amidine groups is 1. The van der Waals surface area contributed by atoms with Crippen LogP contribution in [0.3, 0.4) is 0 Å². The number of para-hydroxylation sites is 1. The molecule has 1 aromatic carbocycles. The summed E-state index contributed by atoms with van der Waals surface area (Å²) in [6.07, 6.45) is 5.03. The van der Waals surface area contributed by atoms with Gasteiger partial charge in [-0.1, -0.05) is 30.2 Å². The van der Waals surface area contributed by atoms with Gasteiger partial charge in [0.1, 0.15) is 10.9 Å². The molecule has 3 N–H and O–H groups in total. The number of hydrogen-bond acceptors (Lipinski definition) is 4. The Balaban J connectivity index is 2.01. The van der Waals surface area contributed by atoms with E-state index in [0.717, 1.165) is 36.9 Å². The molecule has 2 aromatic rings. The van der Waals surface area contributed by atoms with Gasteiger partial charge in [0.05, 0.1) is 10.9 Å². The van der Waals surface area contributed by atoms with Gasteiger partial charge in [-0.05, 0) is 37.8 Å². The van der Waals surface area contributed by atoms with Crippen molar-refractivity contribution >= 4 is 17.1 Å². The Morgan fingerprint density at radius 2 is 1.83 bits per heavy atom. The Kier molecular flexibility index (Phi) is 3.45. The third-order valence-electron chi connectivity index (χ3n) is 4.63. The molecule has 2 heterocycles. The van der Waals surface area contributed by atoms with Crippen molar-refractivity contribution in [2.45, 2.75) is 32.1 Å². The summed E-state index contributed by atoms with van der Waals surface area (Å²) in [6.45, 7) is 0. The number of hydrogen-bond donors (Lipinski definition) is 3. The van der Waals surface area contributed by atoms with E-state index in [4.69, 9.17) is 5.41 Å². The smallest absolute Gasteiger partial charge is 0.260 e. The van der Waals surface area contributed by atoms with Crippen molar-refractivity contribution in [1.29, 1.82) is 5.41 Å². The number of aromatic hydroxyl groups is 1. The van der Waals surface area contributed by atoms with Gasteiger partial charge in [0.25, 0.3) is 5.56 Å². The summed E-state index contributed by atoms with van der Waals surface area (Å²) in [4.78, 5) is 15.0. The zero-order chi connectivity index (χ0) is 16.7. The molecule has 1 aromatic heterocycles. The van der Waals surface area contributed by atoms with Gasteiger partial charge in [-0.25, -0.2) is 5.01 Å². The highest BCUT2D eigenvalue weighted by molar-refractivity contribution is 6.10. The van der Waals surface area contributed by atoms with Gasteiger partial charge in [-0.3, -0.25) is 15.2 Å². The maximum absolute atomic E-state index is 12.5. The number of pyridine rings is 1. The summed E-state index contributed by atoms with van der Waals surface area (Å²) in [5.74, 6) is -0.218. The lowest BCUT2D eigenvalue weighted by molar-refractivity contribution is 0.449. The van der Waals surface area contributed by atoms with Crippen LogP contribution >= 0.6 is 0 Å². The van der Waals surface area contributed by atoms with Crippen LogP contribution in [0.2, 0.25) is 0 Å². The average molecular weight is 322 g/mol. The Morgan fingerprint density at radius 3 is 2.54 bits per heavy atom. The zero-order valence-corrected chi connectivity index (χ0v) is 13.2. The van der Waals surface area contributed by atoms with Gasteiger partial charge in [0, 0.05) is 0 Å². The molecule has 1 aliphatic heterocycles. The van der Waals surface area contributed by atoms with Crippen molar-refractivity contribution in [3.8, 4) is 5.88 Å². The summed E-state index contributed by atoms with van der Waals surface area (Å²) >= 11 is 0. The van der Waals surface area contributed by atoms with Crippen molar-refractivity contribution in [3.05, 3.63) is 56.8 Å². The second-order valence-electron chi connectivity index (χ2n) is 6.16. The molecule has 0 bridgehead atoms. The molecule has 0 amide bonds. The van der Waals surface area contributed by atoms with E-state index in [9.17, 15) is 9.90 Å². The molecular formula is C18H18N4O2. The maximum Gasteiger partial charge on any atom is 0.260 e. The molecule has 0 atom stereocenters. The quantitative estimate of drug-likeness (QED) is 0.744. The average Bonchev–Trinajstić information content (AvgIpc) is 2.94. The molecule has 4 rings (SSSR count). The van der Waals surface area contributed by atoms with E-state index in [-0.39, 0.29) is 17.3 Å². The zero-order valence-electron chi connectivity index (χ0n) is 13.2. The predicted molar refractivity (Wildman–Crippen MR) is 91.8 cm³/mol. The van der Waals surface area contributed by atoms with Crippen LogP contribution in [0.1, 0.15) is 37.7 Å². The van der Waals surface area contributed by atoms with Gasteiger partial charge in [0.2, 0.25) is 5.88 Å². The van der Waals surface area contributed by atoms with Crippen LogP contribution in [0.5, 0.6) is 5.88 Å². The van der Waals surface area contributed by atoms with E-state index in [1.165, 1.54) is 11.4 Å². The normalized spacial score (nSPS) is 16.9. The number of aromatic nitrogens is 1. The number of benzene rings is 1. The summed E-state index contributed by atoms with van der Waals surface area (Å²) in [6, 6.07) is 9.30. The fraction of sp³-hybridized carbons (Fsp3) is 0.278. The SMILES string of the molecule is N=C1c2c(O)[nH]c(=O)c(=C3CCCCC3)c2=NN1c1ccccc1. The minimum Gasteiger partial charge on any atom is -0.494 e. The number of nitrogens with zero attached hydrogens (tertiary/aromatic N) is 2. The van der Waals surface area contributed by atoms with E-state index in [1.807, 2.05) is 30.3 Å². The lowest BCUT2D eigenvalue weighted by Gasteiger charge is -2.14. The third kappa shape index (κ3) is 2.22. The van der Waals surface area contributed by atoms with Crippen LogP contribution < -0.4 is 21.1 Å². The first-order valence-electron chi connectivity index (χ1n) is 8.17. The lowest BCUT2D eigenvalue weighted by atomic mass is 9.93. The van der Waals surface area contributed by atoms with Crippen LogP contribution in [0.15, 0.2) is 40.2 Å². The van der Waals surface area contributed by atoms with Crippen LogP contribution in [0.4, 0.5) is 5.69 Å². The number of aromatic amines is 1. The highest BCUT2D eigenvalue weighted by atomic mass is 16.3. The first kappa shape index (κ1) is 14.7. The highest BCUT2D eigenvalue weighted by Crippen LogP contribution is 2.24. The van der Waals surface area contributed by atoms with Gasteiger partial charge >= 0.3 is 0 Å². The summed E-state index contributed by atoms with van der Waals surface area (Å²) in [7, 11) is 0. The van der Waals surface area contributed by atoms with Crippen LogP contribution in [-0.4, -0.2) is 15.9 Å². The number of fused-ring (bicyclic) bond motifs is 1. The largest absolute Gasteiger partial charge is 0.494 e. The Hall–Kier alpha value is -2.89. The van der Waals surface area contributed by atoms with Crippen LogP contribution in [-0.2, 0) is 0 Å². The van der Waals surface area contributed by atoms with E-state index in [0.29, 0.717) is 16.1 Å². The minimum absolute atomic E-state index is 0.0719. The number of H-pyrrole nitrogens is 1. The molecule has 6 nitrogen and oxygen atoms in total. The summed E-state index contributed by atoms with van der Waals surface area (Å²) < 4.78 is 0. The maximum atomic E-state index is 12.5. The van der Waals surface area contributed by atoms with Crippen molar-refractivity contribution in [3.63, 3.8) is 0 Å². The minimum atomic E-state index is -0.324. The van der Waals surface area contributed by atoms with Gasteiger partial charge in [0.15, 0.2) is 5.84 Å². The molecule has 0 spiro atoms. The summed E-state index contributed by atoms with van der Waals surface area (Å²) in [5, 5.41) is 25.5. The van der Waals surface area contributed by atoms with E-state index in [1.54, 1.807) is 0 Å². The van der Waals surface area contributed by atoms with Crippen LogP contribution in [0.25, 0.3) is 5.57 Å². The molecule has 1 aliphatic carbocycles. The van der Waals surface area contributed by atoms with Gasteiger partial charge < -0.3 is 5.11 Å². The molecule has 0 saturated heterocycles. The number of anilines is 1. The predicted octanol–water partition coefficient (Wildman–Crippen LogP) is 1.58. The Bertz CT molecular complexity index is 984. The topological polar surface area (TPSA) is 92.5 Å². The molecule has 122 valence electrons. The van der Waals surface area contributed by atoms with Crippen LogP contribution in [0, 0.1) is 5.41 Å². The molecule has 0 unspecified atom stereocenters. The Labute approximate surface area is 138 Å². The fourth-order valence-corrected chi connectivity index (χ4v) is 3.47. The standard InChI is InChI=1S/C18H18N4O2/c19-16-14-15(21-22(16)12-9-5-2-6-10-12)13(17(23)20-18(14)24)11-7-3-1-4-8-11/h2,5-6,9-10,19,24H,1,3-4,7-8H2,(H,20,23). The molecule has 1 fully saturated rings. The van der Waals surface area contributed by atoms with Crippen molar-refractivity contribution in [1.82, 2.24) is 4.98 Å². The fourth-order valence-electron chi connectivity index (χ4n) is 3.47. The van der Waals surface area contributed by atoms with Gasteiger partial charge in [-0.2, -0.15) is 5.10 Å². The van der Waals surface area contributed by atoms with Crippen molar-refractivity contribution in [2.24, 2.45) is 5.10 Å². The lowest BCUT2D eigenvalue weighted by Crippen LogP contribution is -2.44. The molecule has 1 saturated carbocycles. The van der Waals surface area contributed by atoms with Crippen molar-refractivity contribution in [2.75, 3.05) is 5.01 Å². The number of nitrogens with one attached hydrogen (secondary N) is 2. The third-order valence-corrected chi connectivity index (χ3v) is 4.63. The first-order chi connectivity index (χ1) is 11.7. The number of rotatable bonds is 1. The molecular weight excluding hydrogens is 304 g/mol. The first-order valence-corrected chi connectivity index (χ1v) is 8.17. The summed E-state index contributed by atoms with van der Waals surface area (Å²) in [5.41, 5.74) is 1.77. The van der Waals surface area contributed by atoms with E-state index in [2.05, 4.69) is 10.1 Å². The molecule has 2 aliphatic rings. The van der Waals surface area contributed by atoms with Crippen molar-refractivity contribution < 1.29 is 5.11 Å². The second kappa shape index (κ2) is 5.63. The van der Waals surface area contributed by atoms with E-state index >= 15 is 0 Å². The second-order valence-corrected chi connectivity index (χ2v) is 6.16. The molecule has 6 heteroatoms. The molecule has 24 heavy (non-hydrogen) atoms. The Morgan fingerprint density at radius 1 is 1.12 bits per heavy atom. The monoisotopic (exact) mass is 322 g/mol.